The predicted octanol–water partition coefficient (Wildman–Crippen LogP) is 7.70. The van der Waals surface area contributed by atoms with Crippen molar-refractivity contribution in [1.82, 2.24) is 5.32 Å². The summed E-state index contributed by atoms with van der Waals surface area (Å²) >= 11 is 0. The first-order valence-corrected chi connectivity index (χ1v) is 16.2. The SMILES string of the molecule is C=CCOC1=CCC(COc2ccc(CC[C@H](NC(=O)OCC3c4ccccc4-c4ccccc43)C(C)(O)OCCC)cc2)C=C1. The van der Waals surface area contributed by atoms with Crippen LogP contribution in [-0.2, 0) is 20.6 Å². The summed E-state index contributed by atoms with van der Waals surface area (Å²) in [5, 5.41) is 14.1. The number of amides is 1. The monoisotopic (exact) mass is 623 g/mol. The number of carbonyl (C=O) groups excluding carboxylic acids is 1. The second-order valence-electron chi connectivity index (χ2n) is 12.0. The van der Waals surface area contributed by atoms with Gasteiger partial charge in [0.25, 0.3) is 0 Å². The number of aliphatic hydroxyl groups is 1. The minimum Gasteiger partial charge on any atom is -0.493 e. The second kappa shape index (κ2) is 15.8. The molecule has 2 N–H and O–H groups in total. The number of alkyl carbamates (subject to hydrolysis) is 1. The van der Waals surface area contributed by atoms with Gasteiger partial charge < -0.3 is 29.4 Å². The third-order valence-corrected chi connectivity index (χ3v) is 8.51. The molecule has 0 fully saturated rings. The smallest absolute Gasteiger partial charge is 0.407 e. The summed E-state index contributed by atoms with van der Waals surface area (Å²) in [6.07, 6.45) is 10.00. The number of carbonyl (C=O) groups is 1. The Morgan fingerprint density at radius 3 is 2.35 bits per heavy atom. The molecule has 7 heteroatoms. The van der Waals surface area contributed by atoms with Gasteiger partial charge in [0.15, 0.2) is 5.79 Å². The zero-order valence-electron chi connectivity index (χ0n) is 26.8. The Labute approximate surface area is 272 Å². The molecule has 2 aliphatic carbocycles. The van der Waals surface area contributed by atoms with E-state index in [4.69, 9.17) is 18.9 Å². The lowest BCUT2D eigenvalue weighted by Gasteiger charge is -2.33. The summed E-state index contributed by atoms with van der Waals surface area (Å²) in [7, 11) is 0. The Balaban J connectivity index is 1.15. The van der Waals surface area contributed by atoms with Gasteiger partial charge in [0, 0.05) is 18.4 Å². The standard InChI is InChI=1S/C39H45NO6/c1-4-24-43-30-21-16-29(17-22-30)26-44-31-19-14-28(15-20-31)18-23-37(39(3,42)46-25-5-2)40-38(41)45-27-36-34-12-8-6-10-32(34)33-11-7-9-13-35(33)36/h4,6-16,19-22,29,36-37,42H,1,5,17-18,23-27H2,2-3H3,(H,40,41)/t29?,37-,39?/m0/s1. The van der Waals surface area contributed by atoms with Crippen LogP contribution in [0.25, 0.3) is 11.1 Å². The van der Waals surface area contributed by atoms with Crippen LogP contribution in [0.5, 0.6) is 5.75 Å². The molecule has 46 heavy (non-hydrogen) atoms. The van der Waals surface area contributed by atoms with E-state index in [1.807, 2.05) is 61.5 Å². The van der Waals surface area contributed by atoms with Crippen LogP contribution in [-0.4, -0.2) is 49.5 Å². The number of allylic oxidation sites excluding steroid dienone is 2. The van der Waals surface area contributed by atoms with Crippen molar-refractivity contribution < 1.29 is 28.8 Å². The van der Waals surface area contributed by atoms with Gasteiger partial charge in [-0.05, 0) is 84.7 Å². The zero-order chi connectivity index (χ0) is 32.4. The molecule has 3 atom stereocenters. The van der Waals surface area contributed by atoms with Crippen LogP contribution in [0.15, 0.2) is 109 Å². The minimum absolute atomic E-state index is 0.0476. The molecule has 2 aliphatic rings. The maximum atomic E-state index is 13.1. The van der Waals surface area contributed by atoms with Crippen molar-refractivity contribution in [2.75, 3.05) is 26.4 Å². The highest BCUT2D eigenvalue weighted by atomic mass is 16.6. The molecule has 0 saturated heterocycles. The quantitative estimate of drug-likeness (QED) is 0.126. The number of ether oxygens (including phenoxy) is 4. The number of fused-ring (bicyclic) bond motifs is 3. The third kappa shape index (κ3) is 8.47. The summed E-state index contributed by atoms with van der Waals surface area (Å²) in [5.41, 5.74) is 5.69. The van der Waals surface area contributed by atoms with Crippen LogP contribution in [0.2, 0.25) is 0 Å². The normalized spacial score (nSPS) is 17.2. The van der Waals surface area contributed by atoms with Crippen LogP contribution in [0.3, 0.4) is 0 Å². The lowest BCUT2D eigenvalue weighted by Crippen LogP contribution is -2.53. The fourth-order valence-electron chi connectivity index (χ4n) is 5.96. The van der Waals surface area contributed by atoms with Gasteiger partial charge >= 0.3 is 6.09 Å². The van der Waals surface area contributed by atoms with Crippen molar-refractivity contribution in [2.24, 2.45) is 5.92 Å². The van der Waals surface area contributed by atoms with Crippen molar-refractivity contribution in [3.8, 4) is 16.9 Å². The highest BCUT2D eigenvalue weighted by molar-refractivity contribution is 5.79. The van der Waals surface area contributed by atoms with Gasteiger partial charge in [-0.1, -0.05) is 86.3 Å². The maximum absolute atomic E-state index is 13.1. The van der Waals surface area contributed by atoms with E-state index in [0.29, 0.717) is 32.7 Å². The summed E-state index contributed by atoms with van der Waals surface area (Å²) in [4.78, 5) is 13.1. The van der Waals surface area contributed by atoms with Gasteiger partial charge in [0.05, 0.1) is 12.6 Å². The summed E-state index contributed by atoms with van der Waals surface area (Å²) < 4.78 is 23.2. The molecule has 0 aromatic heterocycles. The Hall–Kier alpha value is -4.33. The van der Waals surface area contributed by atoms with E-state index in [1.54, 1.807) is 13.0 Å². The third-order valence-electron chi connectivity index (χ3n) is 8.51. The van der Waals surface area contributed by atoms with E-state index in [9.17, 15) is 9.90 Å². The lowest BCUT2D eigenvalue weighted by atomic mass is 9.98. The number of aryl methyl sites for hydroxylation is 1. The molecule has 3 aromatic carbocycles. The molecule has 0 aliphatic heterocycles. The molecule has 3 aromatic rings. The van der Waals surface area contributed by atoms with Crippen molar-refractivity contribution in [1.29, 1.82) is 0 Å². The summed E-state index contributed by atoms with van der Waals surface area (Å²) in [5.74, 6) is 0.329. The van der Waals surface area contributed by atoms with E-state index in [0.717, 1.165) is 41.0 Å². The molecule has 0 spiro atoms. The number of nitrogens with one attached hydrogen (secondary N) is 1. The molecule has 0 heterocycles. The van der Waals surface area contributed by atoms with Crippen molar-refractivity contribution in [3.63, 3.8) is 0 Å². The molecule has 5 rings (SSSR count). The maximum Gasteiger partial charge on any atom is 0.407 e. The molecule has 1 amide bonds. The lowest BCUT2D eigenvalue weighted by molar-refractivity contribution is -0.209. The van der Waals surface area contributed by atoms with Gasteiger partial charge in [0.2, 0.25) is 0 Å². The Morgan fingerprint density at radius 2 is 1.72 bits per heavy atom. The first-order chi connectivity index (χ1) is 22.4. The van der Waals surface area contributed by atoms with E-state index in [1.165, 1.54) is 11.1 Å². The largest absolute Gasteiger partial charge is 0.493 e. The van der Waals surface area contributed by atoms with Gasteiger partial charge in [-0.15, -0.1) is 0 Å². The molecule has 2 unspecified atom stereocenters. The van der Waals surface area contributed by atoms with Crippen LogP contribution in [0, 0.1) is 5.92 Å². The summed E-state index contributed by atoms with van der Waals surface area (Å²) in [6, 6.07) is 23.7. The fraction of sp³-hybridized carbons (Fsp3) is 0.359. The van der Waals surface area contributed by atoms with Crippen molar-refractivity contribution in [2.45, 2.75) is 57.3 Å². The second-order valence-corrected chi connectivity index (χ2v) is 12.0. The van der Waals surface area contributed by atoms with Crippen LogP contribution >= 0.6 is 0 Å². The molecule has 0 bridgehead atoms. The molecule has 0 saturated carbocycles. The molecular formula is C39H45NO6. The fourth-order valence-corrected chi connectivity index (χ4v) is 5.96. The minimum atomic E-state index is -1.57. The zero-order valence-corrected chi connectivity index (χ0v) is 26.8. The van der Waals surface area contributed by atoms with Crippen molar-refractivity contribution in [3.05, 3.63) is 126 Å². The Kier molecular flexibility index (Phi) is 11.3. The van der Waals surface area contributed by atoms with Crippen molar-refractivity contribution >= 4 is 6.09 Å². The van der Waals surface area contributed by atoms with E-state index in [2.05, 4.69) is 48.3 Å². The summed E-state index contributed by atoms with van der Waals surface area (Å²) in [6.45, 7) is 8.89. The first kappa shape index (κ1) is 33.0. The number of hydrogen-bond donors (Lipinski definition) is 2. The Bertz CT molecular complexity index is 1480. The predicted molar refractivity (Wildman–Crippen MR) is 181 cm³/mol. The van der Waals surface area contributed by atoms with Crippen LogP contribution in [0.1, 0.15) is 55.7 Å². The van der Waals surface area contributed by atoms with E-state index >= 15 is 0 Å². The van der Waals surface area contributed by atoms with Gasteiger partial charge in [-0.2, -0.15) is 0 Å². The van der Waals surface area contributed by atoms with Crippen LogP contribution < -0.4 is 10.1 Å². The highest BCUT2D eigenvalue weighted by Crippen LogP contribution is 2.44. The van der Waals surface area contributed by atoms with E-state index in [-0.39, 0.29) is 18.4 Å². The highest BCUT2D eigenvalue weighted by Gasteiger charge is 2.35. The van der Waals surface area contributed by atoms with E-state index < -0.39 is 17.9 Å². The van der Waals surface area contributed by atoms with Crippen LogP contribution in [0.4, 0.5) is 4.79 Å². The molecule has 7 nitrogen and oxygen atoms in total. The number of rotatable bonds is 16. The number of hydrogen-bond acceptors (Lipinski definition) is 6. The average molecular weight is 624 g/mol. The van der Waals surface area contributed by atoms with Gasteiger partial charge in [-0.3, -0.25) is 0 Å². The first-order valence-electron chi connectivity index (χ1n) is 16.2. The molecular weight excluding hydrogens is 578 g/mol. The Morgan fingerprint density at radius 1 is 1.02 bits per heavy atom. The molecule has 242 valence electrons. The topological polar surface area (TPSA) is 86.3 Å². The average Bonchev–Trinajstić information content (AvgIpc) is 3.40. The van der Waals surface area contributed by atoms with Gasteiger partial charge in [0.1, 0.15) is 24.7 Å². The number of benzene rings is 3. The van der Waals surface area contributed by atoms with Gasteiger partial charge in [-0.25, -0.2) is 4.79 Å². The molecule has 0 radical (unpaired) electrons.